The van der Waals surface area contributed by atoms with Gasteiger partial charge in [0.2, 0.25) is 10.0 Å². The van der Waals surface area contributed by atoms with Gasteiger partial charge in [0.1, 0.15) is 4.83 Å². The van der Waals surface area contributed by atoms with Crippen molar-refractivity contribution in [2.45, 2.75) is 51.7 Å². The lowest BCUT2D eigenvalue weighted by Gasteiger charge is -2.11. The van der Waals surface area contributed by atoms with Crippen LogP contribution < -0.4 is 10.3 Å². The molecule has 0 aromatic carbocycles. The first-order chi connectivity index (χ1) is 11.8. The van der Waals surface area contributed by atoms with Crippen molar-refractivity contribution in [1.29, 1.82) is 0 Å². The van der Waals surface area contributed by atoms with Gasteiger partial charge in [-0.05, 0) is 39.3 Å². The van der Waals surface area contributed by atoms with Gasteiger partial charge in [-0.2, -0.15) is 0 Å². The van der Waals surface area contributed by atoms with Crippen LogP contribution in [-0.4, -0.2) is 36.5 Å². The lowest BCUT2D eigenvalue weighted by atomic mass is 10.2. The van der Waals surface area contributed by atoms with Crippen molar-refractivity contribution in [2.24, 2.45) is 0 Å². The molecule has 0 saturated heterocycles. The summed E-state index contributed by atoms with van der Waals surface area (Å²) in [6, 6.07) is 0. The minimum absolute atomic E-state index is 0.0191. The van der Waals surface area contributed by atoms with Gasteiger partial charge in [-0.25, -0.2) is 18.1 Å². The molecule has 0 atom stereocenters. The number of sulfonamides is 1. The summed E-state index contributed by atoms with van der Waals surface area (Å²) < 4.78 is 27.1. The maximum Gasteiger partial charge on any atom is 0.263 e. The number of rotatable bonds is 9. The van der Waals surface area contributed by atoms with Crippen LogP contribution in [0.15, 0.2) is 9.95 Å². The first-order valence-electron chi connectivity index (χ1n) is 8.35. The first kappa shape index (κ1) is 20.4. The number of nitrogens with zero attached hydrogens (tertiary/aromatic N) is 2. The Hall–Kier alpha value is -0.900. The molecule has 2 aromatic heterocycles. The minimum Gasteiger partial charge on any atom is -0.287 e. The first-order valence-corrected chi connectivity index (χ1v) is 11.8. The molecule has 0 fully saturated rings. The zero-order valence-electron chi connectivity index (χ0n) is 15.1. The molecule has 2 aromatic rings. The van der Waals surface area contributed by atoms with Crippen LogP contribution in [0.3, 0.4) is 0 Å². The van der Waals surface area contributed by atoms with Crippen molar-refractivity contribution in [3.8, 4) is 0 Å². The van der Waals surface area contributed by atoms with Gasteiger partial charge in [-0.15, -0.1) is 11.3 Å². The number of thioether (sulfide) groups is 1. The molecular formula is C16H25N3O3S3. The second-order valence-corrected chi connectivity index (χ2v) is 10.2. The van der Waals surface area contributed by atoms with Gasteiger partial charge < -0.3 is 0 Å². The number of hydrogen-bond acceptors (Lipinski definition) is 6. The molecule has 0 aliphatic carbocycles. The van der Waals surface area contributed by atoms with E-state index < -0.39 is 10.0 Å². The molecule has 140 valence electrons. The highest BCUT2D eigenvalue weighted by Crippen LogP contribution is 2.28. The van der Waals surface area contributed by atoms with Gasteiger partial charge >= 0.3 is 0 Å². The maximum atomic E-state index is 12.9. The van der Waals surface area contributed by atoms with Gasteiger partial charge in [-0.3, -0.25) is 9.36 Å². The summed E-state index contributed by atoms with van der Waals surface area (Å²) in [7, 11) is -1.78. The zero-order chi connectivity index (χ0) is 18.6. The van der Waals surface area contributed by atoms with Crippen LogP contribution in [0.2, 0.25) is 0 Å². The van der Waals surface area contributed by atoms with Crippen LogP contribution in [-0.2, 0) is 16.6 Å². The maximum absolute atomic E-state index is 12.9. The monoisotopic (exact) mass is 403 g/mol. The molecule has 0 saturated carbocycles. The van der Waals surface area contributed by atoms with Crippen LogP contribution >= 0.6 is 23.1 Å². The molecule has 25 heavy (non-hydrogen) atoms. The second-order valence-electron chi connectivity index (χ2n) is 5.89. The highest BCUT2D eigenvalue weighted by Gasteiger charge is 2.17. The van der Waals surface area contributed by atoms with Crippen LogP contribution in [0.5, 0.6) is 0 Å². The van der Waals surface area contributed by atoms with Gasteiger partial charge in [0, 0.05) is 17.2 Å². The average Bonchev–Trinajstić information content (AvgIpc) is 2.85. The van der Waals surface area contributed by atoms with Gasteiger partial charge in [-0.1, -0.05) is 25.1 Å². The van der Waals surface area contributed by atoms with Gasteiger partial charge in [0.15, 0.2) is 5.16 Å². The van der Waals surface area contributed by atoms with E-state index in [1.807, 2.05) is 13.8 Å². The molecule has 0 amide bonds. The lowest BCUT2D eigenvalue weighted by molar-refractivity contribution is 0.558. The smallest absolute Gasteiger partial charge is 0.263 e. The molecule has 0 bridgehead atoms. The van der Waals surface area contributed by atoms with E-state index in [1.54, 1.807) is 15.9 Å². The molecule has 0 spiro atoms. The average molecular weight is 404 g/mol. The van der Waals surface area contributed by atoms with Gasteiger partial charge in [0.05, 0.1) is 11.1 Å². The Balaban J connectivity index is 2.29. The Labute approximate surface area is 157 Å². The Kier molecular flexibility index (Phi) is 7.07. The quantitative estimate of drug-likeness (QED) is 0.395. The summed E-state index contributed by atoms with van der Waals surface area (Å²) in [6.07, 6.45) is 2.42. The minimum atomic E-state index is -3.19. The molecule has 0 radical (unpaired) electrons. The van der Waals surface area contributed by atoms with Crippen molar-refractivity contribution in [2.75, 3.05) is 18.6 Å². The molecule has 0 unspecified atom stereocenters. The molecule has 0 aliphatic rings. The number of thiophene rings is 1. The largest absolute Gasteiger partial charge is 0.287 e. The molecule has 9 heteroatoms. The van der Waals surface area contributed by atoms with E-state index in [0.717, 1.165) is 33.5 Å². The Bertz CT molecular complexity index is 901. The molecule has 2 rings (SSSR count). The number of hydrogen-bond donors (Lipinski definition) is 1. The van der Waals surface area contributed by atoms with Gasteiger partial charge in [0.25, 0.3) is 5.56 Å². The standard InChI is InChI=1S/C16H25N3O3S3/c1-5-6-8-19-15(20)13-11(2)12(3)24-14(13)18-16(19)23-9-7-10-25(21,22)17-4/h17H,5-10H2,1-4H3. The third kappa shape index (κ3) is 4.84. The zero-order valence-corrected chi connectivity index (χ0v) is 17.5. The van der Waals surface area contributed by atoms with Crippen molar-refractivity contribution in [3.63, 3.8) is 0 Å². The number of unbranched alkanes of at least 4 members (excludes halogenated alkanes) is 1. The molecule has 6 nitrogen and oxygen atoms in total. The van der Waals surface area contributed by atoms with Crippen molar-refractivity contribution < 1.29 is 8.42 Å². The van der Waals surface area contributed by atoms with Crippen molar-refractivity contribution in [1.82, 2.24) is 14.3 Å². The summed E-state index contributed by atoms with van der Waals surface area (Å²) in [6.45, 7) is 6.71. The lowest BCUT2D eigenvalue weighted by Crippen LogP contribution is -2.24. The third-order valence-electron chi connectivity index (χ3n) is 4.09. The van der Waals surface area contributed by atoms with Crippen LogP contribution in [0, 0.1) is 13.8 Å². The Morgan fingerprint density at radius 3 is 2.64 bits per heavy atom. The normalized spacial score (nSPS) is 12.2. The SMILES string of the molecule is CCCCn1c(SCCCS(=O)(=O)NC)nc2sc(C)c(C)c2c1=O. The second kappa shape index (κ2) is 8.66. The highest BCUT2D eigenvalue weighted by atomic mass is 32.2. The third-order valence-corrected chi connectivity index (χ3v) is 7.70. The fraction of sp³-hybridized carbons (Fsp3) is 0.625. The molecule has 0 aliphatic heterocycles. The molecule has 2 heterocycles. The predicted octanol–water partition coefficient (Wildman–Crippen LogP) is 2.91. The fourth-order valence-corrected chi connectivity index (χ4v) is 5.39. The van der Waals surface area contributed by atoms with E-state index >= 15 is 0 Å². The van der Waals surface area contributed by atoms with Crippen molar-refractivity contribution in [3.05, 3.63) is 20.8 Å². The number of aromatic nitrogens is 2. The van der Waals surface area contributed by atoms with E-state index in [9.17, 15) is 13.2 Å². The summed E-state index contributed by atoms with van der Waals surface area (Å²) >= 11 is 3.00. The number of nitrogens with one attached hydrogen (secondary N) is 1. The Morgan fingerprint density at radius 2 is 2.00 bits per heavy atom. The van der Waals surface area contributed by atoms with Crippen LogP contribution in [0.4, 0.5) is 0 Å². The van der Waals surface area contributed by atoms with E-state index in [2.05, 4.69) is 11.6 Å². The molecular weight excluding hydrogens is 378 g/mol. The summed E-state index contributed by atoms with van der Waals surface area (Å²) in [5, 5.41) is 1.41. The van der Waals surface area contributed by atoms with E-state index in [4.69, 9.17) is 4.98 Å². The summed E-state index contributed by atoms with van der Waals surface area (Å²) in [4.78, 5) is 19.5. The van der Waals surface area contributed by atoms with E-state index in [1.165, 1.54) is 18.8 Å². The predicted molar refractivity (Wildman–Crippen MR) is 106 cm³/mol. The topological polar surface area (TPSA) is 81.1 Å². The number of fused-ring (bicyclic) bond motifs is 1. The fourth-order valence-electron chi connectivity index (χ4n) is 2.45. The van der Waals surface area contributed by atoms with E-state index in [-0.39, 0.29) is 11.3 Å². The summed E-state index contributed by atoms with van der Waals surface area (Å²) in [5.74, 6) is 0.684. The van der Waals surface area contributed by atoms with Crippen molar-refractivity contribution >= 4 is 43.3 Å². The highest BCUT2D eigenvalue weighted by molar-refractivity contribution is 7.99. The van der Waals surface area contributed by atoms with E-state index in [0.29, 0.717) is 23.9 Å². The molecule has 1 N–H and O–H groups in total. The van der Waals surface area contributed by atoms with Crippen LogP contribution in [0.25, 0.3) is 10.2 Å². The number of aryl methyl sites for hydroxylation is 2. The summed E-state index contributed by atoms with van der Waals surface area (Å²) in [5.41, 5.74) is 1.03. The Morgan fingerprint density at radius 1 is 1.28 bits per heavy atom. The van der Waals surface area contributed by atoms with Crippen LogP contribution in [0.1, 0.15) is 36.6 Å².